The second-order valence-corrected chi connectivity index (χ2v) is 8.69. The molecule has 0 heterocycles. The molecule has 0 aromatic heterocycles. The van der Waals surface area contributed by atoms with Crippen molar-refractivity contribution in [2.75, 3.05) is 4.90 Å². The van der Waals surface area contributed by atoms with Crippen molar-refractivity contribution in [2.45, 2.75) is 19.0 Å². The lowest BCUT2D eigenvalue weighted by molar-refractivity contribution is 0.635. The molecule has 5 aromatic rings. The second kappa shape index (κ2) is 10.2. The van der Waals surface area contributed by atoms with E-state index >= 15 is 0 Å². The molecule has 0 saturated heterocycles. The first-order valence-corrected chi connectivity index (χ1v) is 11.9. The maximum Gasteiger partial charge on any atom is 0.0805 e. The number of nitrogens with zero attached hydrogens (tertiary/aromatic N) is 1. The lowest BCUT2D eigenvalue weighted by Gasteiger charge is -2.41. The number of anilines is 1. The summed E-state index contributed by atoms with van der Waals surface area (Å²) in [5.74, 6) is 0. The minimum atomic E-state index is 0.0375. The molecule has 1 heteroatoms. The lowest BCUT2D eigenvalue weighted by atomic mass is 9.90. The molecule has 0 radical (unpaired) electrons. The highest BCUT2D eigenvalue weighted by atomic mass is 15.2. The molecule has 5 rings (SSSR count). The van der Waals surface area contributed by atoms with Crippen LogP contribution in [-0.2, 0) is 0 Å². The summed E-state index contributed by atoms with van der Waals surface area (Å²) >= 11 is 0. The normalized spacial score (nSPS) is 11.0. The van der Waals surface area contributed by atoms with Gasteiger partial charge in [0.25, 0.3) is 0 Å². The Bertz CT molecular complexity index is 1120. The molecule has 0 bridgehead atoms. The highest BCUT2D eigenvalue weighted by Gasteiger charge is 2.31. The fourth-order valence-corrected chi connectivity index (χ4v) is 4.73. The van der Waals surface area contributed by atoms with Crippen molar-refractivity contribution in [3.05, 3.63) is 173 Å². The van der Waals surface area contributed by atoms with E-state index in [4.69, 9.17) is 0 Å². The summed E-state index contributed by atoms with van der Waals surface area (Å²) in [4.78, 5) is 2.58. The molecule has 0 atom stereocenters. The summed E-state index contributed by atoms with van der Waals surface area (Å²) in [6.45, 7) is 2.14. The first-order valence-electron chi connectivity index (χ1n) is 11.9. The fourth-order valence-electron chi connectivity index (χ4n) is 4.73. The van der Waals surface area contributed by atoms with Crippen molar-refractivity contribution in [1.29, 1.82) is 0 Å². The van der Waals surface area contributed by atoms with Crippen LogP contribution < -0.4 is 4.90 Å². The number of benzene rings is 5. The van der Waals surface area contributed by atoms with Gasteiger partial charge in [-0.2, -0.15) is 0 Å². The highest BCUT2D eigenvalue weighted by Crippen LogP contribution is 2.42. The van der Waals surface area contributed by atoms with E-state index in [1.807, 2.05) is 0 Å². The summed E-state index contributed by atoms with van der Waals surface area (Å²) in [5, 5.41) is 0. The Morgan fingerprint density at radius 3 is 0.971 bits per heavy atom. The van der Waals surface area contributed by atoms with E-state index in [2.05, 4.69) is 157 Å². The van der Waals surface area contributed by atoms with Gasteiger partial charge in [0.15, 0.2) is 0 Å². The maximum atomic E-state index is 2.58. The molecule has 5 aromatic carbocycles. The zero-order chi connectivity index (χ0) is 23.2. The summed E-state index contributed by atoms with van der Waals surface area (Å²) in [6, 6.07) is 52.4. The third-order valence-electron chi connectivity index (χ3n) is 6.35. The number of hydrogen-bond donors (Lipinski definition) is 0. The molecule has 0 unspecified atom stereocenters. The predicted molar refractivity (Wildman–Crippen MR) is 143 cm³/mol. The highest BCUT2D eigenvalue weighted by molar-refractivity contribution is 5.58. The van der Waals surface area contributed by atoms with Crippen LogP contribution in [0.25, 0.3) is 0 Å². The van der Waals surface area contributed by atoms with Crippen LogP contribution in [0.4, 0.5) is 5.69 Å². The van der Waals surface area contributed by atoms with Gasteiger partial charge in [0.2, 0.25) is 0 Å². The Hall–Kier alpha value is -4.10. The van der Waals surface area contributed by atoms with Crippen molar-refractivity contribution in [2.24, 2.45) is 0 Å². The molecule has 0 fully saturated rings. The van der Waals surface area contributed by atoms with Gasteiger partial charge in [-0.15, -0.1) is 0 Å². The number of aryl methyl sites for hydroxylation is 1. The van der Waals surface area contributed by atoms with Crippen molar-refractivity contribution in [3.63, 3.8) is 0 Å². The van der Waals surface area contributed by atoms with Crippen LogP contribution in [0.2, 0.25) is 0 Å². The Kier molecular flexibility index (Phi) is 6.54. The molecular formula is C33H29N. The Morgan fingerprint density at radius 1 is 0.382 bits per heavy atom. The van der Waals surface area contributed by atoms with Crippen molar-refractivity contribution < 1.29 is 0 Å². The van der Waals surface area contributed by atoms with Gasteiger partial charge >= 0.3 is 0 Å². The molecule has 0 N–H and O–H groups in total. The molecular weight excluding hydrogens is 410 g/mol. The summed E-state index contributed by atoms with van der Waals surface area (Å²) < 4.78 is 0. The van der Waals surface area contributed by atoms with Crippen LogP contribution in [0.15, 0.2) is 146 Å². The van der Waals surface area contributed by atoms with E-state index in [1.54, 1.807) is 0 Å². The summed E-state index contributed by atoms with van der Waals surface area (Å²) in [7, 11) is 0. The largest absolute Gasteiger partial charge is 0.349 e. The monoisotopic (exact) mass is 439 g/mol. The average Bonchev–Trinajstić information content (AvgIpc) is 2.91. The fraction of sp³-hybridized carbons (Fsp3) is 0.0909. The Morgan fingerprint density at radius 2 is 0.676 bits per heavy atom. The SMILES string of the molecule is Cc1ccc(N(C(c2ccccc2)c2ccccc2)C(c2ccccc2)c2ccccc2)cc1. The van der Waals surface area contributed by atoms with Gasteiger partial charge in [-0.1, -0.05) is 139 Å². The van der Waals surface area contributed by atoms with E-state index < -0.39 is 0 Å². The van der Waals surface area contributed by atoms with E-state index in [9.17, 15) is 0 Å². The van der Waals surface area contributed by atoms with E-state index in [1.165, 1.54) is 33.5 Å². The number of hydrogen-bond acceptors (Lipinski definition) is 1. The molecule has 0 aliphatic rings. The molecule has 34 heavy (non-hydrogen) atoms. The van der Waals surface area contributed by atoms with Crippen LogP contribution in [0, 0.1) is 6.92 Å². The molecule has 0 amide bonds. The topological polar surface area (TPSA) is 3.24 Å². The first kappa shape index (κ1) is 21.7. The zero-order valence-electron chi connectivity index (χ0n) is 19.5. The third kappa shape index (κ3) is 4.65. The van der Waals surface area contributed by atoms with Gasteiger partial charge in [0, 0.05) is 5.69 Å². The van der Waals surface area contributed by atoms with Crippen LogP contribution in [0.5, 0.6) is 0 Å². The van der Waals surface area contributed by atoms with Gasteiger partial charge in [0.1, 0.15) is 0 Å². The minimum absolute atomic E-state index is 0.0375. The molecule has 0 aliphatic heterocycles. The molecule has 166 valence electrons. The molecule has 1 nitrogen and oxygen atoms in total. The van der Waals surface area contributed by atoms with Gasteiger partial charge < -0.3 is 4.90 Å². The summed E-state index contributed by atoms with van der Waals surface area (Å²) in [5.41, 5.74) is 7.53. The average molecular weight is 440 g/mol. The number of rotatable bonds is 7. The first-order chi connectivity index (χ1) is 16.8. The van der Waals surface area contributed by atoms with E-state index in [-0.39, 0.29) is 12.1 Å². The lowest BCUT2D eigenvalue weighted by Crippen LogP contribution is -2.34. The Labute approximate surface area is 203 Å². The van der Waals surface area contributed by atoms with Gasteiger partial charge in [-0.25, -0.2) is 0 Å². The van der Waals surface area contributed by atoms with E-state index in [0.29, 0.717) is 0 Å². The van der Waals surface area contributed by atoms with Crippen LogP contribution in [-0.4, -0.2) is 0 Å². The van der Waals surface area contributed by atoms with Crippen LogP contribution in [0.1, 0.15) is 39.9 Å². The van der Waals surface area contributed by atoms with Crippen molar-refractivity contribution in [3.8, 4) is 0 Å². The quantitative estimate of drug-likeness (QED) is 0.246. The van der Waals surface area contributed by atoms with Gasteiger partial charge in [-0.05, 0) is 41.3 Å². The van der Waals surface area contributed by atoms with Gasteiger partial charge in [0.05, 0.1) is 12.1 Å². The molecule has 0 aliphatic carbocycles. The smallest absolute Gasteiger partial charge is 0.0805 e. The van der Waals surface area contributed by atoms with Crippen molar-refractivity contribution >= 4 is 5.69 Å². The Balaban J connectivity index is 1.79. The second-order valence-electron chi connectivity index (χ2n) is 8.69. The van der Waals surface area contributed by atoms with Gasteiger partial charge in [-0.3, -0.25) is 0 Å². The maximum absolute atomic E-state index is 2.58. The zero-order valence-corrected chi connectivity index (χ0v) is 19.5. The minimum Gasteiger partial charge on any atom is -0.349 e. The van der Waals surface area contributed by atoms with Crippen LogP contribution >= 0.6 is 0 Å². The molecule has 0 saturated carbocycles. The van der Waals surface area contributed by atoms with Crippen molar-refractivity contribution in [1.82, 2.24) is 0 Å². The standard InChI is InChI=1S/C33H29N/c1-26-22-24-31(25-23-26)34(32(27-14-6-2-7-15-27)28-16-8-3-9-17-28)33(29-18-10-4-11-19-29)30-20-12-5-13-21-30/h2-25,32-33H,1H3. The van der Waals surface area contributed by atoms with Crippen LogP contribution in [0.3, 0.4) is 0 Å². The third-order valence-corrected chi connectivity index (χ3v) is 6.35. The summed E-state index contributed by atoms with van der Waals surface area (Å²) in [6.07, 6.45) is 0. The predicted octanol–water partition coefficient (Wildman–Crippen LogP) is 8.38. The van der Waals surface area contributed by atoms with E-state index in [0.717, 1.165) is 0 Å². The molecule has 0 spiro atoms.